The quantitative estimate of drug-likeness (QED) is 0.427. The van der Waals surface area contributed by atoms with Crippen LogP contribution in [-0.2, 0) is 16.1 Å². The zero-order valence-corrected chi connectivity index (χ0v) is 19.4. The van der Waals surface area contributed by atoms with Crippen LogP contribution < -0.4 is 10.6 Å². The number of hydrogen-bond acceptors (Lipinski definition) is 6. The van der Waals surface area contributed by atoms with Gasteiger partial charge in [0.15, 0.2) is 5.69 Å². The van der Waals surface area contributed by atoms with Crippen LogP contribution in [0.5, 0.6) is 0 Å². The van der Waals surface area contributed by atoms with E-state index in [0.29, 0.717) is 11.4 Å². The summed E-state index contributed by atoms with van der Waals surface area (Å²) in [6.07, 6.45) is -0.0487. The van der Waals surface area contributed by atoms with Gasteiger partial charge in [0.1, 0.15) is 11.6 Å². The number of nitrogens with zero attached hydrogens (tertiary/aromatic N) is 1. The van der Waals surface area contributed by atoms with Crippen molar-refractivity contribution in [2.24, 2.45) is 5.92 Å². The van der Waals surface area contributed by atoms with Crippen LogP contribution in [0.2, 0.25) is 0 Å². The topological polar surface area (TPSA) is 118 Å². The molecule has 0 radical (unpaired) electrons. The summed E-state index contributed by atoms with van der Waals surface area (Å²) in [4.78, 5) is 39.8. The van der Waals surface area contributed by atoms with Crippen molar-refractivity contribution in [3.05, 3.63) is 75.7 Å². The molecule has 0 saturated carbocycles. The smallest absolute Gasteiger partial charge is 0.407 e. The summed E-state index contributed by atoms with van der Waals surface area (Å²) in [5, 5.41) is 16.3. The Morgan fingerprint density at radius 2 is 1.71 bits per heavy atom. The Hall–Kier alpha value is -3.72. The van der Waals surface area contributed by atoms with Gasteiger partial charge in [-0.2, -0.15) is 0 Å². The molecule has 1 aliphatic rings. The number of fused-ring (bicyclic) bond motifs is 3. The number of ether oxygens (including phenoxy) is 1. The van der Waals surface area contributed by atoms with E-state index in [1.165, 1.54) is 16.7 Å². The van der Waals surface area contributed by atoms with Gasteiger partial charge in [0.25, 0.3) is 0 Å². The van der Waals surface area contributed by atoms with Crippen molar-refractivity contribution < 1.29 is 24.2 Å². The summed E-state index contributed by atoms with van der Waals surface area (Å²) < 4.78 is 5.52. The van der Waals surface area contributed by atoms with E-state index in [-0.39, 0.29) is 37.2 Å². The molecular weight excluding hydrogens is 454 g/mol. The van der Waals surface area contributed by atoms with Gasteiger partial charge in [-0.3, -0.25) is 4.79 Å². The first-order valence-corrected chi connectivity index (χ1v) is 11.9. The second kappa shape index (κ2) is 10.5. The fourth-order valence-corrected chi connectivity index (χ4v) is 4.78. The number of alkyl carbamates (subject to hydrolysis) is 1. The summed E-state index contributed by atoms with van der Waals surface area (Å²) in [5.74, 6) is -1.82. The first-order chi connectivity index (χ1) is 16.5. The number of carbonyl (C=O) groups is 3. The molecule has 9 heteroatoms. The highest BCUT2D eigenvalue weighted by molar-refractivity contribution is 7.09. The number of aromatic carboxylic acids is 1. The minimum atomic E-state index is -1.10. The average molecular weight is 480 g/mol. The molecule has 0 fully saturated rings. The van der Waals surface area contributed by atoms with Gasteiger partial charge >= 0.3 is 12.1 Å². The number of amides is 2. The molecule has 1 heterocycles. The third-order valence-electron chi connectivity index (χ3n) is 5.88. The Balaban J connectivity index is 1.27. The van der Waals surface area contributed by atoms with Crippen LogP contribution in [0.4, 0.5) is 4.79 Å². The molecular formula is C25H25N3O5S. The number of carboxylic acids is 1. The van der Waals surface area contributed by atoms with Gasteiger partial charge in [-0.1, -0.05) is 55.5 Å². The highest BCUT2D eigenvalue weighted by Crippen LogP contribution is 2.44. The van der Waals surface area contributed by atoms with Crippen molar-refractivity contribution in [2.75, 3.05) is 13.2 Å². The summed E-state index contributed by atoms with van der Waals surface area (Å²) in [7, 11) is 0. The van der Waals surface area contributed by atoms with E-state index in [9.17, 15) is 14.4 Å². The lowest BCUT2D eigenvalue weighted by atomic mass is 9.98. The van der Waals surface area contributed by atoms with Gasteiger partial charge < -0.3 is 20.5 Å². The van der Waals surface area contributed by atoms with E-state index in [1.807, 2.05) is 31.2 Å². The monoisotopic (exact) mass is 479 g/mol. The van der Waals surface area contributed by atoms with Crippen molar-refractivity contribution in [2.45, 2.75) is 25.8 Å². The maximum Gasteiger partial charge on any atom is 0.407 e. The third kappa shape index (κ3) is 5.09. The molecule has 4 rings (SSSR count). The fourth-order valence-electron chi connectivity index (χ4n) is 4.08. The molecule has 3 N–H and O–H groups in total. The first-order valence-electron chi connectivity index (χ1n) is 11.0. The number of carboxylic acid groups (broad SMARTS) is 1. The predicted octanol–water partition coefficient (Wildman–Crippen LogP) is 4.02. The number of thiazole rings is 1. The standard InChI is InChI=1S/C25H25N3O5S/c1-2-15(23(29)26-12-22-28-21(14-34-22)24(30)31)11-27-25(32)33-13-20-18-9-5-3-7-16(18)17-8-4-6-10-19(17)20/h3-10,14-15,20H,2,11-13H2,1H3,(H,26,29)(H,27,32)(H,30,31). The van der Waals surface area contributed by atoms with E-state index >= 15 is 0 Å². The number of rotatable bonds is 9. The van der Waals surface area contributed by atoms with Crippen LogP contribution in [0, 0.1) is 5.92 Å². The lowest BCUT2D eigenvalue weighted by molar-refractivity contribution is -0.125. The maximum absolute atomic E-state index is 12.5. The summed E-state index contributed by atoms with van der Waals surface area (Å²) >= 11 is 1.17. The Kier molecular flexibility index (Phi) is 7.22. The number of benzene rings is 2. The molecule has 2 amide bonds. The molecule has 1 aromatic heterocycles. The molecule has 2 aromatic carbocycles. The van der Waals surface area contributed by atoms with Gasteiger partial charge in [-0.25, -0.2) is 14.6 Å². The zero-order chi connectivity index (χ0) is 24.1. The van der Waals surface area contributed by atoms with Gasteiger partial charge in [-0.15, -0.1) is 11.3 Å². The molecule has 176 valence electrons. The van der Waals surface area contributed by atoms with E-state index in [4.69, 9.17) is 9.84 Å². The van der Waals surface area contributed by atoms with Crippen molar-refractivity contribution in [1.29, 1.82) is 0 Å². The largest absolute Gasteiger partial charge is 0.476 e. The second-order valence-electron chi connectivity index (χ2n) is 7.96. The molecule has 0 spiro atoms. The Morgan fingerprint density at radius 1 is 1.06 bits per heavy atom. The molecule has 0 aliphatic heterocycles. The summed E-state index contributed by atoms with van der Waals surface area (Å²) in [5.41, 5.74) is 4.54. The maximum atomic E-state index is 12.5. The molecule has 1 atom stereocenters. The number of nitrogens with one attached hydrogen (secondary N) is 2. The molecule has 0 bridgehead atoms. The molecule has 8 nitrogen and oxygen atoms in total. The number of carbonyl (C=O) groups excluding carboxylic acids is 2. The van der Waals surface area contributed by atoms with Crippen molar-refractivity contribution in [3.8, 4) is 11.1 Å². The van der Waals surface area contributed by atoms with Crippen LogP contribution >= 0.6 is 11.3 Å². The van der Waals surface area contributed by atoms with Gasteiger partial charge in [0, 0.05) is 17.8 Å². The normalized spacial score (nSPS) is 13.0. The molecule has 34 heavy (non-hydrogen) atoms. The first kappa shape index (κ1) is 23.4. The average Bonchev–Trinajstić information content (AvgIpc) is 3.45. The van der Waals surface area contributed by atoms with Crippen molar-refractivity contribution in [1.82, 2.24) is 15.6 Å². The molecule has 1 unspecified atom stereocenters. The van der Waals surface area contributed by atoms with Crippen molar-refractivity contribution >= 4 is 29.3 Å². The molecule has 3 aromatic rings. The highest BCUT2D eigenvalue weighted by Gasteiger charge is 2.29. The number of aromatic nitrogens is 1. The second-order valence-corrected chi connectivity index (χ2v) is 8.90. The predicted molar refractivity (Wildman–Crippen MR) is 128 cm³/mol. The SMILES string of the molecule is CCC(CNC(=O)OCC1c2ccccc2-c2ccccc21)C(=O)NCc1nc(C(=O)O)cs1. The van der Waals surface area contributed by atoms with Gasteiger partial charge in [0.2, 0.25) is 5.91 Å². The Morgan fingerprint density at radius 3 is 2.29 bits per heavy atom. The van der Waals surface area contributed by atoms with Crippen LogP contribution in [-0.4, -0.2) is 41.2 Å². The fraction of sp³-hybridized carbons (Fsp3) is 0.280. The minimum Gasteiger partial charge on any atom is -0.476 e. The van der Waals surface area contributed by atoms with Crippen LogP contribution in [0.25, 0.3) is 11.1 Å². The minimum absolute atomic E-state index is 0.0302. The van der Waals surface area contributed by atoms with E-state index in [0.717, 1.165) is 22.3 Å². The summed E-state index contributed by atoms with van der Waals surface area (Å²) in [6.45, 7) is 2.34. The van der Waals surface area contributed by atoms with E-state index < -0.39 is 18.0 Å². The van der Waals surface area contributed by atoms with Gasteiger partial charge in [0.05, 0.1) is 12.5 Å². The highest BCUT2D eigenvalue weighted by atomic mass is 32.1. The van der Waals surface area contributed by atoms with Crippen LogP contribution in [0.15, 0.2) is 53.9 Å². The van der Waals surface area contributed by atoms with Crippen molar-refractivity contribution in [3.63, 3.8) is 0 Å². The third-order valence-corrected chi connectivity index (χ3v) is 6.73. The zero-order valence-electron chi connectivity index (χ0n) is 18.6. The lowest BCUT2D eigenvalue weighted by Gasteiger charge is -2.17. The van der Waals surface area contributed by atoms with Gasteiger partial charge in [-0.05, 0) is 28.7 Å². The van der Waals surface area contributed by atoms with E-state index in [1.54, 1.807) is 0 Å². The Bertz CT molecular complexity index is 1160. The van der Waals surface area contributed by atoms with E-state index in [2.05, 4.69) is 39.9 Å². The summed E-state index contributed by atoms with van der Waals surface area (Å²) in [6, 6.07) is 16.2. The van der Waals surface area contributed by atoms with Crippen LogP contribution in [0.3, 0.4) is 0 Å². The molecule has 0 saturated heterocycles. The lowest BCUT2D eigenvalue weighted by Crippen LogP contribution is -2.38. The van der Waals surface area contributed by atoms with Crippen LogP contribution in [0.1, 0.15) is 45.9 Å². The Labute approximate surface area is 201 Å². The molecule has 1 aliphatic carbocycles. The number of hydrogen-bond donors (Lipinski definition) is 3.